The van der Waals surface area contributed by atoms with Crippen LogP contribution in [0.4, 0.5) is 4.79 Å². The highest BCUT2D eigenvalue weighted by Gasteiger charge is 2.56. The number of primary amides is 2. The Balaban J connectivity index is 1.52. The molecule has 0 aromatic carbocycles. The Morgan fingerprint density at radius 3 is 2.56 bits per heavy atom. The maximum Gasteiger partial charge on any atom is 0.316 e. The molecule has 0 spiro atoms. The minimum atomic E-state index is -3.54. The molecule has 0 bridgehead atoms. The number of thiazole rings is 1. The Labute approximate surface area is 202 Å². The molecular formula is C22H28N6O4S2. The van der Waals surface area contributed by atoms with E-state index in [1.165, 1.54) is 17.8 Å². The van der Waals surface area contributed by atoms with Gasteiger partial charge in [-0.1, -0.05) is 6.42 Å². The molecule has 182 valence electrons. The summed E-state index contributed by atoms with van der Waals surface area (Å²) in [6, 6.07) is 2.41. The summed E-state index contributed by atoms with van der Waals surface area (Å²) in [4.78, 5) is 36.5. The number of nitrogens with two attached hydrogens (primary N) is 2. The molecule has 10 nitrogen and oxygen atoms in total. The minimum Gasteiger partial charge on any atom is -0.367 e. The number of likely N-dealkylation sites (tertiary alicyclic amines) is 1. The third-order valence-corrected chi connectivity index (χ3v) is 10.5. The van der Waals surface area contributed by atoms with Crippen LogP contribution in [-0.2, 0) is 20.4 Å². The molecule has 1 saturated heterocycles. The van der Waals surface area contributed by atoms with E-state index in [4.69, 9.17) is 11.5 Å². The van der Waals surface area contributed by atoms with Gasteiger partial charge in [-0.25, -0.2) is 22.9 Å². The first-order valence-corrected chi connectivity index (χ1v) is 13.8. The number of sulfonamides is 1. The molecule has 2 unspecified atom stereocenters. The third kappa shape index (κ3) is 3.87. The van der Waals surface area contributed by atoms with Gasteiger partial charge in [0.25, 0.3) is 5.91 Å². The monoisotopic (exact) mass is 504 g/mol. The number of amides is 3. The first-order chi connectivity index (χ1) is 16.1. The molecular weight excluding hydrogens is 476 g/mol. The molecule has 34 heavy (non-hydrogen) atoms. The summed E-state index contributed by atoms with van der Waals surface area (Å²) < 4.78 is 27.7. The van der Waals surface area contributed by atoms with Crippen molar-refractivity contribution in [2.75, 3.05) is 6.54 Å². The fourth-order valence-corrected chi connectivity index (χ4v) is 7.72. The molecule has 3 heterocycles. The Morgan fingerprint density at radius 2 is 1.97 bits per heavy atom. The summed E-state index contributed by atoms with van der Waals surface area (Å²) >= 11 is 1.28. The predicted molar refractivity (Wildman–Crippen MR) is 127 cm³/mol. The molecule has 3 amide bonds. The number of nitrogens with zero attached hydrogens (tertiary/aromatic N) is 3. The van der Waals surface area contributed by atoms with E-state index in [1.54, 1.807) is 6.20 Å². The summed E-state index contributed by atoms with van der Waals surface area (Å²) in [5, 5.41) is -0.0928. The molecule has 1 aliphatic heterocycles. The highest BCUT2D eigenvalue weighted by atomic mass is 32.2. The Hall–Kier alpha value is -2.57. The van der Waals surface area contributed by atoms with Crippen LogP contribution in [-0.4, -0.2) is 53.1 Å². The average molecular weight is 505 g/mol. The van der Waals surface area contributed by atoms with E-state index in [2.05, 4.69) is 20.8 Å². The SMILES string of the molecule is Cc1nc(C2(C(N)=O)CC(NS(=O)(=O)C3CC3)CN2C(N)=O)sc1-c1ccnc(C2CCC2)c1. The van der Waals surface area contributed by atoms with E-state index in [1.807, 2.05) is 13.0 Å². The Morgan fingerprint density at radius 1 is 1.24 bits per heavy atom. The predicted octanol–water partition coefficient (Wildman–Crippen LogP) is 1.70. The number of carbonyl (C=O) groups is 2. The fourth-order valence-electron chi connectivity index (χ4n) is 4.87. The normalized spacial score (nSPS) is 25.3. The lowest BCUT2D eigenvalue weighted by Crippen LogP contribution is -2.55. The van der Waals surface area contributed by atoms with E-state index < -0.39 is 38.8 Å². The van der Waals surface area contributed by atoms with Crippen LogP contribution < -0.4 is 16.2 Å². The lowest BCUT2D eigenvalue weighted by Gasteiger charge is -2.32. The van der Waals surface area contributed by atoms with Crippen molar-refractivity contribution in [3.63, 3.8) is 0 Å². The van der Waals surface area contributed by atoms with Crippen LogP contribution in [0.5, 0.6) is 0 Å². The van der Waals surface area contributed by atoms with Gasteiger partial charge < -0.3 is 16.4 Å². The molecule has 5 N–H and O–H groups in total. The fraction of sp³-hybridized carbons (Fsp3) is 0.545. The number of hydrogen-bond donors (Lipinski definition) is 3. The number of pyridine rings is 1. The van der Waals surface area contributed by atoms with Crippen molar-refractivity contribution in [3.8, 4) is 10.4 Å². The van der Waals surface area contributed by atoms with Gasteiger partial charge in [-0.3, -0.25) is 9.78 Å². The summed E-state index contributed by atoms with van der Waals surface area (Å²) in [7, 11) is -3.54. The van der Waals surface area contributed by atoms with Crippen LogP contribution in [0.15, 0.2) is 18.3 Å². The molecule has 3 aliphatic rings. The summed E-state index contributed by atoms with van der Waals surface area (Å²) in [5.41, 5.74) is 12.6. The second-order valence-electron chi connectivity index (χ2n) is 9.47. The molecule has 3 fully saturated rings. The van der Waals surface area contributed by atoms with E-state index in [-0.39, 0.29) is 13.0 Å². The first-order valence-electron chi connectivity index (χ1n) is 11.4. The number of aryl methyl sites for hydroxylation is 1. The van der Waals surface area contributed by atoms with Gasteiger partial charge >= 0.3 is 6.03 Å². The number of hydrogen-bond acceptors (Lipinski definition) is 7. The second-order valence-corrected chi connectivity index (χ2v) is 12.5. The van der Waals surface area contributed by atoms with Crippen LogP contribution >= 0.6 is 11.3 Å². The zero-order valence-corrected chi connectivity index (χ0v) is 20.5. The molecule has 2 saturated carbocycles. The highest BCUT2D eigenvalue weighted by Crippen LogP contribution is 2.45. The number of rotatable bonds is 7. The maximum atomic E-state index is 12.9. The summed E-state index contributed by atoms with van der Waals surface area (Å²) in [6.45, 7) is 1.78. The van der Waals surface area contributed by atoms with Crippen molar-refractivity contribution >= 4 is 33.3 Å². The van der Waals surface area contributed by atoms with Gasteiger partial charge in [0.1, 0.15) is 5.01 Å². The van der Waals surface area contributed by atoms with Crippen LogP contribution in [0.3, 0.4) is 0 Å². The van der Waals surface area contributed by atoms with Crippen LogP contribution in [0.2, 0.25) is 0 Å². The quantitative estimate of drug-likeness (QED) is 0.520. The highest BCUT2D eigenvalue weighted by molar-refractivity contribution is 7.90. The maximum absolute atomic E-state index is 12.9. The Kier molecular flexibility index (Phi) is 5.64. The van der Waals surface area contributed by atoms with Crippen molar-refractivity contribution in [2.24, 2.45) is 11.5 Å². The molecule has 2 aromatic rings. The van der Waals surface area contributed by atoms with Crippen molar-refractivity contribution in [1.29, 1.82) is 0 Å². The molecule has 0 radical (unpaired) electrons. The van der Waals surface area contributed by atoms with Crippen molar-refractivity contribution in [3.05, 3.63) is 34.7 Å². The van der Waals surface area contributed by atoms with Gasteiger partial charge in [-0.2, -0.15) is 0 Å². The summed E-state index contributed by atoms with van der Waals surface area (Å²) in [6.07, 6.45) is 6.42. The van der Waals surface area contributed by atoms with Gasteiger partial charge in [0.05, 0.1) is 15.8 Å². The second kappa shape index (κ2) is 8.28. The number of carbonyl (C=O) groups excluding carboxylic acids is 2. The molecule has 2 aromatic heterocycles. The van der Waals surface area contributed by atoms with Crippen LogP contribution in [0, 0.1) is 6.92 Å². The van der Waals surface area contributed by atoms with Gasteiger partial charge in [-0.05, 0) is 50.3 Å². The lowest BCUT2D eigenvalue weighted by molar-refractivity contribution is -0.127. The standard InChI is InChI=1S/C22H28N6O4S2/c1-12-18(14-7-8-25-17(9-14)13-3-2-4-13)33-20(26-12)22(19(23)29)10-15(11-28(22)21(24)30)27-34(31,32)16-5-6-16/h7-9,13,15-16,27H,2-6,10-11H2,1H3,(H2,23,29)(H2,24,30). The Bertz CT molecular complexity index is 1250. The van der Waals surface area contributed by atoms with Crippen LogP contribution in [0.1, 0.15) is 60.8 Å². The molecule has 12 heteroatoms. The largest absolute Gasteiger partial charge is 0.367 e. The number of nitrogens with one attached hydrogen (secondary N) is 1. The van der Waals surface area contributed by atoms with E-state index >= 15 is 0 Å². The first kappa shape index (κ1) is 23.2. The average Bonchev–Trinajstić information content (AvgIpc) is 3.42. The number of aromatic nitrogens is 2. The van der Waals surface area contributed by atoms with Gasteiger partial charge in [0.15, 0.2) is 5.54 Å². The molecule has 2 atom stereocenters. The minimum absolute atomic E-state index is 0.0205. The van der Waals surface area contributed by atoms with Crippen molar-refractivity contribution < 1.29 is 18.0 Å². The van der Waals surface area contributed by atoms with Crippen molar-refractivity contribution in [2.45, 2.75) is 68.2 Å². The van der Waals surface area contributed by atoms with E-state index in [9.17, 15) is 18.0 Å². The van der Waals surface area contributed by atoms with Gasteiger partial charge in [0, 0.05) is 36.8 Å². The van der Waals surface area contributed by atoms with E-state index in [0.29, 0.717) is 29.5 Å². The van der Waals surface area contributed by atoms with E-state index in [0.717, 1.165) is 33.9 Å². The molecule has 2 aliphatic carbocycles. The van der Waals surface area contributed by atoms with Crippen molar-refractivity contribution in [1.82, 2.24) is 19.6 Å². The van der Waals surface area contributed by atoms with Gasteiger partial charge in [-0.15, -0.1) is 11.3 Å². The summed E-state index contributed by atoms with van der Waals surface area (Å²) in [5.74, 6) is -0.324. The third-order valence-electron chi connectivity index (χ3n) is 7.09. The van der Waals surface area contributed by atoms with Gasteiger partial charge in [0.2, 0.25) is 10.0 Å². The zero-order chi connectivity index (χ0) is 24.3. The lowest BCUT2D eigenvalue weighted by atomic mass is 9.82. The zero-order valence-electron chi connectivity index (χ0n) is 18.9. The smallest absolute Gasteiger partial charge is 0.316 e. The topological polar surface area (TPSA) is 161 Å². The van der Waals surface area contributed by atoms with Crippen LogP contribution in [0.25, 0.3) is 10.4 Å². The molecule has 5 rings (SSSR count). The number of urea groups is 1.